The van der Waals surface area contributed by atoms with E-state index in [1.165, 1.54) is 10.4 Å². The normalized spacial score (nSPS) is 13.3. The first-order valence-electron chi connectivity index (χ1n) is 8.14. The van der Waals surface area contributed by atoms with Gasteiger partial charge in [-0.25, -0.2) is 0 Å². The number of hydrogen-bond acceptors (Lipinski definition) is 1. The standard InChI is InChI=1S/C21H26OSi/c1-6-13-18(2)22-23(21(3,4)5,19-14-9-7-10-15-19)20-16-11-8-12-17-20/h1,7-12,14-18H,13H2,2-5H3. The van der Waals surface area contributed by atoms with Gasteiger partial charge in [-0.2, -0.15) is 0 Å². The maximum absolute atomic E-state index is 6.81. The molecule has 1 atom stereocenters. The van der Waals surface area contributed by atoms with Crippen molar-refractivity contribution in [2.45, 2.75) is 45.3 Å². The Labute approximate surface area is 141 Å². The van der Waals surface area contributed by atoms with Crippen LogP contribution >= 0.6 is 0 Å². The van der Waals surface area contributed by atoms with Crippen LogP contribution in [0.5, 0.6) is 0 Å². The molecule has 0 saturated carbocycles. The van der Waals surface area contributed by atoms with Crippen LogP contribution in [0.2, 0.25) is 5.04 Å². The molecule has 2 heteroatoms. The van der Waals surface area contributed by atoms with Gasteiger partial charge in [-0.1, -0.05) is 81.4 Å². The predicted octanol–water partition coefficient (Wildman–Crippen LogP) is 3.97. The lowest BCUT2D eigenvalue weighted by Crippen LogP contribution is -2.67. The second-order valence-electron chi connectivity index (χ2n) is 7.00. The summed E-state index contributed by atoms with van der Waals surface area (Å²) < 4.78 is 6.81. The highest BCUT2D eigenvalue weighted by Gasteiger charge is 2.50. The average molecular weight is 323 g/mol. The summed E-state index contributed by atoms with van der Waals surface area (Å²) in [5.41, 5.74) is 0. The van der Waals surface area contributed by atoms with Gasteiger partial charge in [-0.15, -0.1) is 12.3 Å². The van der Waals surface area contributed by atoms with Crippen LogP contribution in [0.3, 0.4) is 0 Å². The van der Waals surface area contributed by atoms with Crippen LogP contribution in [0.15, 0.2) is 60.7 Å². The van der Waals surface area contributed by atoms with E-state index in [9.17, 15) is 0 Å². The molecule has 0 fully saturated rings. The SMILES string of the molecule is C#CCC(C)O[Si](c1ccccc1)(c1ccccc1)C(C)(C)C. The highest BCUT2D eigenvalue weighted by Crippen LogP contribution is 2.37. The molecule has 2 aromatic rings. The smallest absolute Gasteiger partial charge is 0.261 e. The van der Waals surface area contributed by atoms with Gasteiger partial charge in [0.15, 0.2) is 0 Å². The van der Waals surface area contributed by atoms with Gasteiger partial charge in [0, 0.05) is 6.42 Å². The Morgan fingerprint density at radius 3 is 1.74 bits per heavy atom. The van der Waals surface area contributed by atoms with Gasteiger partial charge in [-0.05, 0) is 22.3 Å². The molecule has 0 spiro atoms. The highest BCUT2D eigenvalue weighted by molar-refractivity contribution is 6.99. The topological polar surface area (TPSA) is 9.23 Å². The number of terminal acetylenes is 1. The third kappa shape index (κ3) is 3.58. The molecule has 0 aliphatic carbocycles. The highest BCUT2D eigenvalue weighted by atomic mass is 28.4. The van der Waals surface area contributed by atoms with E-state index in [1.807, 2.05) is 0 Å². The van der Waals surface area contributed by atoms with E-state index in [0.29, 0.717) is 6.42 Å². The van der Waals surface area contributed by atoms with Crippen LogP contribution in [-0.4, -0.2) is 14.4 Å². The minimum Gasteiger partial charge on any atom is -0.404 e. The molecule has 0 bridgehead atoms. The number of hydrogen-bond donors (Lipinski definition) is 0. The van der Waals surface area contributed by atoms with Crippen molar-refractivity contribution >= 4 is 18.7 Å². The zero-order valence-corrected chi connectivity index (χ0v) is 15.5. The molecule has 0 aliphatic heterocycles. The first-order valence-corrected chi connectivity index (χ1v) is 10.0. The van der Waals surface area contributed by atoms with E-state index in [2.05, 4.69) is 94.3 Å². The van der Waals surface area contributed by atoms with Crippen molar-refractivity contribution in [3.63, 3.8) is 0 Å². The number of rotatable bonds is 5. The van der Waals surface area contributed by atoms with E-state index in [-0.39, 0.29) is 11.1 Å². The summed E-state index contributed by atoms with van der Waals surface area (Å²) in [6, 6.07) is 21.3. The molecule has 2 rings (SSSR count). The summed E-state index contributed by atoms with van der Waals surface area (Å²) in [6.07, 6.45) is 6.18. The first-order chi connectivity index (χ1) is 10.9. The zero-order chi connectivity index (χ0) is 16.9. The first kappa shape index (κ1) is 17.5. The van der Waals surface area contributed by atoms with Gasteiger partial charge in [0.05, 0.1) is 6.10 Å². The molecule has 0 radical (unpaired) electrons. The minimum atomic E-state index is -2.45. The van der Waals surface area contributed by atoms with Crippen LogP contribution in [0.1, 0.15) is 34.1 Å². The molecule has 0 saturated heterocycles. The van der Waals surface area contributed by atoms with Crippen LogP contribution in [0, 0.1) is 12.3 Å². The Bertz CT molecular complexity index is 610. The lowest BCUT2D eigenvalue weighted by atomic mass is 10.2. The van der Waals surface area contributed by atoms with Crippen molar-refractivity contribution in [2.75, 3.05) is 0 Å². The molecule has 23 heavy (non-hydrogen) atoms. The van der Waals surface area contributed by atoms with E-state index >= 15 is 0 Å². The van der Waals surface area contributed by atoms with Gasteiger partial charge in [0.25, 0.3) is 8.32 Å². The van der Waals surface area contributed by atoms with Gasteiger partial charge in [0.2, 0.25) is 0 Å². The number of benzene rings is 2. The van der Waals surface area contributed by atoms with Crippen LogP contribution in [0.4, 0.5) is 0 Å². The van der Waals surface area contributed by atoms with Crippen LogP contribution in [-0.2, 0) is 4.43 Å². The molecule has 0 aliphatic rings. The van der Waals surface area contributed by atoms with Crippen LogP contribution < -0.4 is 10.4 Å². The quantitative estimate of drug-likeness (QED) is 0.598. The Morgan fingerprint density at radius 1 is 0.957 bits per heavy atom. The van der Waals surface area contributed by atoms with Crippen molar-refractivity contribution in [2.24, 2.45) is 0 Å². The van der Waals surface area contributed by atoms with Crippen molar-refractivity contribution in [3.8, 4) is 12.3 Å². The third-order valence-corrected chi connectivity index (χ3v) is 9.36. The molecule has 0 amide bonds. The summed E-state index contributed by atoms with van der Waals surface area (Å²) in [6.45, 7) is 8.92. The molecule has 0 N–H and O–H groups in total. The van der Waals surface area contributed by atoms with Crippen LogP contribution in [0.25, 0.3) is 0 Å². The molecule has 120 valence electrons. The van der Waals surface area contributed by atoms with E-state index in [4.69, 9.17) is 10.8 Å². The fraction of sp³-hybridized carbons (Fsp3) is 0.333. The second-order valence-corrected chi connectivity index (χ2v) is 11.3. The lowest BCUT2D eigenvalue weighted by Gasteiger charge is -2.44. The Kier molecular flexibility index (Phi) is 5.46. The molecule has 0 aromatic heterocycles. The van der Waals surface area contributed by atoms with Crippen molar-refractivity contribution in [3.05, 3.63) is 60.7 Å². The van der Waals surface area contributed by atoms with Gasteiger partial charge >= 0.3 is 0 Å². The van der Waals surface area contributed by atoms with Gasteiger partial charge in [-0.3, -0.25) is 0 Å². The summed E-state index contributed by atoms with van der Waals surface area (Å²) in [5.74, 6) is 2.74. The minimum absolute atomic E-state index is 0.00142. The Balaban J connectivity index is 2.67. The summed E-state index contributed by atoms with van der Waals surface area (Å²) in [7, 11) is -2.45. The Hall–Kier alpha value is -1.82. The zero-order valence-electron chi connectivity index (χ0n) is 14.5. The molecule has 0 heterocycles. The molecular weight excluding hydrogens is 296 g/mol. The monoisotopic (exact) mass is 322 g/mol. The summed E-state index contributed by atoms with van der Waals surface area (Å²) in [4.78, 5) is 0. The van der Waals surface area contributed by atoms with Gasteiger partial charge < -0.3 is 4.43 Å². The maximum Gasteiger partial charge on any atom is 0.261 e. The molecular formula is C21H26OSi. The van der Waals surface area contributed by atoms with Crippen molar-refractivity contribution in [1.29, 1.82) is 0 Å². The molecule has 1 nitrogen and oxygen atoms in total. The maximum atomic E-state index is 6.81. The fourth-order valence-corrected chi connectivity index (χ4v) is 7.90. The van der Waals surface area contributed by atoms with Crippen molar-refractivity contribution < 1.29 is 4.43 Å². The lowest BCUT2D eigenvalue weighted by molar-refractivity contribution is 0.212. The average Bonchev–Trinajstić information content (AvgIpc) is 2.53. The Morgan fingerprint density at radius 2 is 1.39 bits per heavy atom. The summed E-state index contributed by atoms with van der Waals surface area (Å²) in [5, 5.41) is 2.59. The third-order valence-electron chi connectivity index (χ3n) is 4.20. The molecule has 2 aromatic carbocycles. The largest absolute Gasteiger partial charge is 0.404 e. The second kappa shape index (κ2) is 7.17. The van der Waals surface area contributed by atoms with E-state index < -0.39 is 8.32 Å². The van der Waals surface area contributed by atoms with E-state index in [0.717, 1.165) is 0 Å². The van der Waals surface area contributed by atoms with E-state index in [1.54, 1.807) is 0 Å². The summed E-state index contributed by atoms with van der Waals surface area (Å²) >= 11 is 0. The molecule has 1 unspecified atom stereocenters. The van der Waals surface area contributed by atoms with Gasteiger partial charge in [0.1, 0.15) is 0 Å². The van der Waals surface area contributed by atoms with Crippen molar-refractivity contribution in [1.82, 2.24) is 0 Å². The predicted molar refractivity (Wildman–Crippen MR) is 102 cm³/mol. The fourth-order valence-electron chi connectivity index (χ4n) is 3.20.